The SMILES string of the molecule is O=C(Nc1ccc(S(=O)(=O)[N-]c2nccs2)cc1)c1ccc2c(c1)OCO2. The normalized spacial score (nSPS) is 12.6. The van der Waals surface area contributed by atoms with Gasteiger partial charge in [0.1, 0.15) is 0 Å². The standard InChI is InChI=1S/C17H13N3O5S2/c21-16(11-1-6-14-15(9-11)25-10-24-14)19-12-2-4-13(5-3-12)27(22,23)20-17-18-7-8-26-17/h1-9H,10H2,(H2,18,19,20,21)/p-1. The van der Waals surface area contributed by atoms with E-state index in [-0.39, 0.29) is 22.7 Å². The van der Waals surface area contributed by atoms with Crippen LogP contribution in [0.5, 0.6) is 11.5 Å². The van der Waals surface area contributed by atoms with Gasteiger partial charge in [-0.25, -0.2) is 8.42 Å². The van der Waals surface area contributed by atoms with Gasteiger partial charge < -0.3 is 24.5 Å². The molecule has 1 aliphatic heterocycles. The number of thiazole rings is 1. The predicted molar refractivity (Wildman–Crippen MR) is 99.3 cm³/mol. The number of carbonyl (C=O) groups excluding carboxylic acids is 1. The van der Waals surface area contributed by atoms with E-state index in [0.717, 1.165) is 11.3 Å². The Morgan fingerprint density at radius 2 is 1.89 bits per heavy atom. The third-order valence-corrected chi connectivity index (χ3v) is 5.72. The van der Waals surface area contributed by atoms with Crippen LogP contribution in [0.15, 0.2) is 58.9 Å². The molecule has 0 saturated heterocycles. The molecule has 3 aromatic rings. The molecule has 10 heteroatoms. The van der Waals surface area contributed by atoms with Crippen LogP contribution in [-0.4, -0.2) is 26.1 Å². The molecule has 0 atom stereocenters. The zero-order valence-corrected chi connectivity index (χ0v) is 15.3. The Kier molecular flexibility index (Phi) is 4.42. The number of benzene rings is 2. The second kappa shape index (κ2) is 6.89. The molecule has 4 rings (SSSR count). The molecule has 8 nitrogen and oxygen atoms in total. The topological polar surface area (TPSA) is 109 Å². The molecule has 2 heterocycles. The number of nitrogens with one attached hydrogen (secondary N) is 1. The molecule has 0 radical (unpaired) electrons. The molecule has 0 spiro atoms. The van der Waals surface area contributed by atoms with Crippen molar-refractivity contribution in [1.82, 2.24) is 4.98 Å². The molecule has 1 aromatic heterocycles. The summed E-state index contributed by atoms with van der Waals surface area (Å²) in [5.74, 6) is 0.745. The van der Waals surface area contributed by atoms with Crippen molar-refractivity contribution in [2.24, 2.45) is 0 Å². The average Bonchev–Trinajstić information content (AvgIpc) is 3.32. The van der Waals surface area contributed by atoms with E-state index in [0.29, 0.717) is 22.7 Å². The van der Waals surface area contributed by atoms with E-state index in [1.165, 1.54) is 30.5 Å². The largest absolute Gasteiger partial charge is 0.454 e. The monoisotopic (exact) mass is 402 g/mol. The van der Waals surface area contributed by atoms with Crippen molar-refractivity contribution < 1.29 is 22.7 Å². The highest BCUT2D eigenvalue weighted by Gasteiger charge is 2.16. The van der Waals surface area contributed by atoms with Crippen LogP contribution in [0.1, 0.15) is 10.4 Å². The quantitative estimate of drug-likeness (QED) is 0.699. The fourth-order valence-electron chi connectivity index (χ4n) is 2.37. The first-order chi connectivity index (χ1) is 13.0. The van der Waals surface area contributed by atoms with Crippen LogP contribution >= 0.6 is 11.3 Å². The van der Waals surface area contributed by atoms with Crippen LogP contribution in [0.25, 0.3) is 4.72 Å². The van der Waals surface area contributed by atoms with Crippen LogP contribution in [0, 0.1) is 0 Å². The molecule has 0 saturated carbocycles. The van der Waals surface area contributed by atoms with Crippen molar-refractivity contribution in [1.29, 1.82) is 0 Å². The lowest BCUT2D eigenvalue weighted by molar-refractivity contribution is 0.102. The van der Waals surface area contributed by atoms with Gasteiger partial charge >= 0.3 is 0 Å². The average molecular weight is 402 g/mol. The van der Waals surface area contributed by atoms with Crippen molar-refractivity contribution in [3.63, 3.8) is 0 Å². The maximum absolute atomic E-state index is 12.4. The smallest absolute Gasteiger partial charge is 0.255 e. The Morgan fingerprint density at radius 1 is 1.11 bits per heavy atom. The van der Waals surface area contributed by atoms with Gasteiger partial charge in [-0.1, -0.05) is 6.20 Å². The number of carbonyl (C=O) groups is 1. The van der Waals surface area contributed by atoms with Crippen molar-refractivity contribution in [2.45, 2.75) is 4.90 Å². The number of amides is 1. The lowest BCUT2D eigenvalue weighted by atomic mass is 10.2. The third kappa shape index (κ3) is 3.71. The zero-order chi connectivity index (χ0) is 18.9. The van der Waals surface area contributed by atoms with Gasteiger partial charge in [-0.2, -0.15) is 11.3 Å². The highest BCUT2D eigenvalue weighted by molar-refractivity contribution is 7.94. The number of rotatable bonds is 5. The van der Waals surface area contributed by atoms with E-state index >= 15 is 0 Å². The molecule has 138 valence electrons. The first-order valence-corrected chi connectivity index (χ1v) is 10.0. The lowest BCUT2D eigenvalue weighted by Gasteiger charge is -2.12. The summed E-state index contributed by atoms with van der Waals surface area (Å²) < 4.78 is 38.6. The second-order valence-electron chi connectivity index (χ2n) is 5.43. The number of hydrogen-bond donors (Lipinski definition) is 1. The van der Waals surface area contributed by atoms with E-state index < -0.39 is 10.0 Å². The number of anilines is 1. The number of fused-ring (bicyclic) bond motifs is 1. The molecule has 27 heavy (non-hydrogen) atoms. The summed E-state index contributed by atoms with van der Waals surface area (Å²) in [5, 5.41) is 4.51. The summed E-state index contributed by atoms with van der Waals surface area (Å²) in [4.78, 5) is 16.2. The minimum Gasteiger partial charge on any atom is -0.454 e. The Morgan fingerprint density at radius 3 is 2.63 bits per heavy atom. The molecule has 1 amide bonds. The Balaban J connectivity index is 1.47. The van der Waals surface area contributed by atoms with E-state index in [4.69, 9.17) is 9.47 Å². The predicted octanol–water partition coefficient (Wildman–Crippen LogP) is 3.52. The van der Waals surface area contributed by atoms with Crippen LogP contribution in [0.2, 0.25) is 0 Å². The molecule has 0 bridgehead atoms. The minimum absolute atomic E-state index is 0.0128. The van der Waals surface area contributed by atoms with E-state index in [1.807, 2.05) is 0 Å². The van der Waals surface area contributed by atoms with E-state index in [9.17, 15) is 13.2 Å². The highest BCUT2D eigenvalue weighted by Crippen LogP contribution is 2.33. The van der Waals surface area contributed by atoms with Gasteiger partial charge in [0, 0.05) is 16.4 Å². The van der Waals surface area contributed by atoms with Gasteiger partial charge in [-0.15, -0.1) is 0 Å². The maximum Gasteiger partial charge on any atom is 0.255 e. The van der Waals surface area contributed by atoms with Gasteiger partial charge in [0.15, 0.2) is 11.5 Å². The summed E-state index contributed by atoms with van der Waals surface area (Å²) in [6, 6.07) is 10.6. The second-order valence-corrected chi connectivity index (χ2v) is 7.90. The fraction of sp³-hybridized carbons (Fsp3) is 0.0588. The molecule has 0 unspecified atom stereocenters. The van der Waals surface area contributed by atoms with Crippen molar-refractivity contribution >= 4 is 38.1 Å². The Labute approximate surface area is 158 Å². The van der Waals surface area contributed by atoms with Crippen LogP contribution < -0.4 is 14.8 Å². The van der Waals surface area contributed by atoms with Crippen LogP contribution in [0.4, 0.5) is 10.8 Å². The third-order valence-electron chi connectivity index (χ3n) is 3.66. The molecule has 1 aliphatic rings. The molecular weight excluding hydrogens is 390 g/mol. The number of nitrogens with zero attached hydrogens (tertiary/aromatic N) is 2. The van der Waals surface area contributed by atoms with Crippen molar-refractivity contribution in [3.8, 4) is 11.5 Å². The van der Waals surface area contributed by atoms with E-state index in [2.05, 4.69) is 15.0 Å². The fourth-order valence-corrected chi connectivity index (χ4v) is 4.04. The number of hydrogen-bond acceptors (Lipinski definition) is 7. The van der Waals surface area contributed by atoms with Gasteiger partial charge in [0.05, 0.1) is 4.90 Å². The van der Waals surface area contributed by atoms with Gasteiger partial charge in [0.25, 0.3) is 5.91 Å². The summed E-state index contributed by atoms with van der Waals surface area (Å²) >= 11 is 1.13. The van der Waals surface area contributed by atoms with Gasteiger partial charge in [0.2, 0.25) is 16.8 Å². The summed E-state index contributed by atoms with van der Waals surface area (Å²) in [6.07, 6.45) is 1.48. The summed E-state index contributed by atoms with van der Waals surface area (Å²) in [5.41, 5.74) is 0.848. The molecule has 2 aromatic carbocycles. The number of ether oxygens (including phenoxy) is 2. The molecule has 0 aliphatic carbocycles. The van der Waals surface area contributed by atoms with Gasteiger partial charge in [-0.05, 0) is 47.8 Å². The van der Waals surface area contributed by atoms with Crippen molar-refractivity contribution in [3.05, 3.63) is 64.3 Å². The highest BCUT2D eigenvalue weighted by atomic mass is 32.2. The Hall–Kier alpha value is -3.11. The first-order valence-electron chi connectivity index (χ1n) is 7.70. The summed E-state index contributed by atoms with van der Waals surface area (Å²) in [6.45, 7) is 0.127. The van der Waals surface area contributed by atoms with E-state index in [1.54, 1.807) is 23.6 Å². The zero-order valence-electron chi connectivity index (χ0n) is 13.7. The molecular formula is C17H12N3O5S2-. The van der Waals surface area contributed by atoms with Crippen LogP contribution in [0.3, 0.4) is 0 Å². The minimum atomic E-state index is -3.86. The maximum atomic E-state index is 12.4. The summed E-state index contributed by atoms with van der Waals surface area (Å²) in [7, 11) is -3.86. The van der Waals surface area contributed by atoms with Gasteiger partial charge in [-0.3, -0.25) is 4.79 Å². The molecule has 1 N–H and O–H groups in total. The van der Waals surface area contributed by atoms with Crippen molar-refractivity contribution in [2.75, 3.05) is 12.1 Å². The first kappa shape index (κ1) is 17.3. The number of sulfonamides is 1. The van der Waals surface area contributed by atoms with Crippen LogP contribution in [-0.2, 0) is 10.0 Å². The number of aromatic nitrogens is 1. The molecule has 0 fully saturated rings. The Bertz CT molecular complexity index is 1080. The lowest BCUT2D eigenvalue weighted by Crippen LogP contribution is -2.11.